The Labute approximate surface area is 172 Å². The minimum absolute atomic E-state index is 0.0333. The first-order chi connectivity index (χ1) is 14.5. The number of piperidine rings is 1. The Balaban J connectivity index is 1.79. The summed E-state index contributed by atoms with van der Waals surface area (Å²) in [4.78, 5) is 24.8. The van der Waals surface area contributed by atoms with Crippen molar-refractivity contribution in [2.24, 2.45) is 11.7 Å². The SMILES string of the molecule is CN(CCO)c1nc(N2CCC(C(N)=O)CC2)c2cnn(-c3ccc(F)cc3)c2n1. The highest BCUT2D eigenvalue weighted by molar-refractivity contribution is 5.89. The largest absolute Gasteiger partial charge is 0.395 e. The number of rotatable bonds is 6. The number of nitrogens with zero attached hydrogens (tertiary/aromatic N) is 6. The van der Waals surface area contributed by atoms with Crippen molar-refractivity contribution in [3.05, 3.63) is 36.3 Å². The highest BCUT2D eigenvalue weighted by Crippen LogP contribution is 2.30. The number of aromatic nitrogens is 4. The van der Waals surface area contributed by atoms with Gasteiger partial charge in [0.25, 0.3) is 0 Å². The Morgan fingerprint density at radius 1 is 1.27 bits per heavy atom. The van der Waals surface area contributed by atoms with Gasteiger partial charge in [-0.25, -0.2) is 9.07 Å². The first-order valence-corrected chi connectivity index (χ1v) is 9.86. The van der Waals surface area contributed by atoms with Crippen LogP contribution in [0.4, 0.5) is 16.2 Å². The lowest BCUT2D eigenvalue weighted by Gasteiger charge is -2.32. The number of likely N-dealkylation sites (N-methyl/N-ethyl adjacent to an activating group) is 1. The lowest BCUT2D eigenvalue weighted by Crippen LogP contribution is -2.39. The number of hydrogen-bond acceptors (Lipinski definition) is 7. The third-order valence-electron chi connectivity index (χ3n) is 5.44. The number of aliphatic hydroxyl groups excluding tert-OH is 1. The summed E-state index contributed by atoms with van der Waals surface area (Å²) in [6.45, 7) is 1.63. The Bertz CT molecular complexity index is 1050. The maximum Gasteiger partial charge on any atom is 0.229 e. The number of carbonyl (C=O) groups is 1. The Morgan fingerprint density at radius 3 is 2.60 bits per heavy atom. The molecule has 158 valence electrons. The highest BCUT2D eigenvalue weighted by atomic mass is 19.1. The van der Waals surface area contributed by atoms with Gasteiger partial charge in [0.2, 0.25) is 11.9 Å². The summed E-state index contributed by atoms with van der Waals surface area (Å²) >= 11 is 0. The van der Waals surface area contributed by atoms with Crippen molar-refractivity contribution in [2.75, 3.05) is 43.1 Å². The molecule has 0 radical (unpaired) electrons. The molecule has 0 spiro atoms. The monoisotopic (exact) mass is 413 g/mol. The van der Waals surface area contributed by atoms with Gasteiger partial charge in [-0.2, -0.15) is 15.1 Å². The van der Waals surface area contributed by atoms with Gasteiger partial charge in [-0.3, -0.25) is 4.79 Å². The van der Waals surface area contributed by atoms with Crippen molar-refractivity contribution < 1.29 is 14.3 Å². The second-order valence-electron chi connectivity index (χ2n) is 7.43. The van der Waals surface area contributed by atoms with Crippen molar-refractivity contribution in [3.63, 3.8) is 0 Å². The van der Waals surface area contributed by atoms with Crippen molar-refractivity contribution in [1.29, 1.82) is 0 Å². The zero-order valence-electron chi connectivity index (χ0n) is 16.7. The van der Waals surface area contributed by atoms with Crippen LogP contribution in [0.15, 0.2) is 30.5 Å². The maximum absolute atomic E-state index is 13.4. The molecule has 1 saturated heterocycles. The van der Waals surface area contributed by atoms with E-state index < -0.39 is 0 Å². The molecule has 10 heteroatoms. The molecule has 9 nitrogen and oxygen atoms in total. The van der Waals surface area contributed by atoms with Crippen LogP contribution >= 0.6 is 0 Å². The van der Waals surface area contributed by atoms with Gasteiger partial charge in [0, 0.05) is 32.6 Å². The summed E-state index contributed by atoms with van der Waals surface area (Å²) in [6, 6.07) is 6.02. The first-order valence-electron chi connectivity index (χ1n) is 9.86. The lowest BCUT2D eigenvalue weighted by molar-refractivity contribution is -0.122. The third-order valence-corrected chi connectivity index (χ3v) is 5.44. The number of nitrogens with two attached hydrogens (primary N) is 1. The number of anilines is 2. The van der Waals surface area contributed by atoms with E-state index in [0.717, 1.165) is 11.2 Å². The molecule has 1 aromatic carbocycles. The minimum Gasteiger partial charge on any atom is -0.395 e. The highest BCUT2D eigenvalue weighted by Gasteiger charge is 2.27. The van der Waals surface area contributed by atoms with E-state index in [2.05, 4.69) is 15.0 Å². The van der Waals surface area contributed by atoms with E-state index in [1.807, 2.05) is 0 Å². The molecule has 1 amide bonds. The second-order valence-corrected chi connectivity index (χ2v) is 7.43. The number of hydrogen-bond donors (Lipinski definition) is 2. The molecular weight excluding hydrogens is 389 g/mol. The fraction of sp³-hybridized carbons (Fsp3) is 0.400. The number of halogens is 1. The van der Waals surface area contributed by atoms with Crippen LogP contribution in [0.25, 0.3) is 16.7 Å². The van der Waals surface area contributed by atoms with Gasteiger partial charge < -0.3 is 20.6 Å². The summed E-state index contributed by atoms with van der Waals surface area (Å²) in [6.07, 6.45) is 3.02. The average Bonchev–Trinajstić information content (AvgIpc) is 3.18. The number of benzene rings is 1. The van der Waals surface area contributed by atoms with E-state index in [0.29, 0.717) is 49.8 Å². The second kappa shape index (κ2) is 8.23. The molecule has 2 aromatic heterocycles. The normalized spacial score (nSPS) is 15.0. The zero-order chi connectivity index (χ0) is 21.3. The predicted octanol–water partition coefficient (Wildman–Crippen LogP) is 1.08. The van der Waals surface area contributed by atoms with E-state index >= 15 is 0 Å². The van der Waals surface area contributed by atoms with Crippen LogP contribution in [-0.4, -0.2) is 64.1 Å². The summed E-state index contributed by atoms with van der Waals surface area (Å²) in [5.41, 5.74) is 6.73. The number of carbonyl (C=O) groups excluding carboxylic acids is 1. The first kappa shape index (κ1) is 20.0. The van der Waals surface area contributed by atoms with Crippen LogP contribution < -0.4 is 15.5 Å². The van der Waals surface area contributed by atoms with Crippen LogP contribution in [0, 0.1) is 11.7 Å². The van der Waals surface area contributed by atoms with Crippen LogP contribution in [0.5, 0.6) is 0 Å². The Kier molecular flexibility index (Phi) is 5.49. The molecule has 0 atom stereocenters. The van der Waals surface area contributed by atoms with E-state index in [1.54, 1.807) is 35.0 Å². The minimum atomic E-state index is -0.328. The van der Waals surface area contributed by atoms with Crippen molar-refractivity contribution >= 4 is 28.7 Å². The molecule has 3 N–H and O–H groups in total. The molecule has 0 aliphatic carbocycles. The molecule has 4 rings (SSSR count). The van der Waals surface area contributed by atoms with Crippen molar-refractivity contribution in [3.8, 4) is 5.69 Å². The average molecular weight is 413 g/mol. The fourth-order valence-corrected chi connectivity index (χ4v) is 3.69. The summed E-state index contributed by atoms with van der Waals surface area (Å²) in [5, 5.41) is 14.5. The molecule has 1 fully saturated rings. The fourth-order valence-electron chi connectivity index (χ4n) is 3.69. The van der Waals surface area contributed by atoms with Gasteiger partial charge in [-0.05, 0) is 37.1 Å². The molecule has 0 saturated carbocycles. The topological polar surface area (TPSA) is 113 Å². The molecule has 1 aliphatic rings. The number of primary amides is 1. The molecule has 30 heavy (non-hydrogen) atoms. The number of fused-ring (bicyclic) bond motifs is 1. The van der Waals surface area contributed by atoms with E-state index in [9.17, 15) is 14.3 Å². The molecule has 0 unspecified atom stereocenters. The number of amides is 1. The smallest absolute Gasteiger partial charge is 0.229 e. The van der Waals surface area contributed by atoms with Crippen LogP contribution in [0.3, 0.4) is 0 Å². The summed E-state index contributed by atoms with van der Waals surface area (Å²) in [5.74, 6) is 0.446. The Morgan fingerprint density at radius 2 is 1.97 bits per heavy atom. The van der Waals surface area contributed by atoms with Crippen LogP contribution in [-0.2, 0) is 4.79 Å². The molecular formula is C20H24FN7O2. The third kappa shape index (κ3) is 3.78. The molecule has 0 bridgehead atoms. The van der Waals surface area contributed by atoms with Crippen LogP contribution in [0.1, 0.15) is 12.8 Å². The van der Waals surface area contributed by atoms with Crippen molar-refractivity contribution in [2.45, 2.75) is 12.8 Å². The number of aliphatic hydroxyl groups is 1. The van der Waals surface area contributed by atoms with Crippen LogP contribution in [0.2, 0.25) is 0 Å². The van der Waals surface area contributed by atoms with Gasteiger partial charge in [0.05, 0.1) is 23.9 Å². The van der Waals surface area contributed by atoms with Gasteiger partial charge in [-0.1, -0.05) is 0 Å². The molecule has 3 heterocycles. The van der Waals surface area contributed by atoms with Gasteiger partial charge in [0.15, 0.2) is 5.65 Å². The van der Waals surface area contributed by atoms with Gasteiger partial charge in [-0.15, -0.1) is 0 Å². The summed E-state index contributed by atoms with van der Waals surface area (Å²) < 4.78 is 15.0. The Hall–Kier alpha value is -3.27. The van der Waals surface area contributed by atoms with E-state index in [-0.39, 0.29) is 24.2 Å². The van der Waals surface area contributed by atoms with Gasteiger partial charge in [0.1, 0.15) is 11.6 Å². The van der Waals surface area contributed by atoms with Crippen molar-refractivity contribution in [1.82, 2.24) is 19.7 Å². The zero-order valence-corrected chi connectivity index (χ0v) is 16.7. The summed E-state index contributed by atoms with van der Waals surface area (Å²) in [7, 11) is 1.80. The quantitative estimate of drug-likeness (QED) is 0.622. The predicted molar refractivity (Wildman–Crippen MR) is 111 cm³/mol. The van der Waals surface area contributed by atoms with E-state index in [1.165, 1.54) is 12.1 Å². The molecule has 1 aliphatic heterocycles. The lowest BCUT2D eigenvalue weighted by atomic mass is 9.96. The standard InChI is InChI=1S/C20H24FN7O2/c1-26(10-11-29)20-24-18(27-8-6-13(7-9-27)17(22)30)16-12-23-28(19(16)25-20)15-4-2-14(21)3-5-15/h2-5,12-13,29H,6-11H2,1H3,(H2,22,30). The van der Waals surface area contributed by atoms with E-state index in [4.69, 9.17) is 10.7 Å². The maximum atomic E-state index is 13.4. The molecule has 3 aromatic rings. The van der Waals surface area contributed by atoms with Gasteiger partial charge >= 0.3 is 0 Å².